The fourth-order valence-electron chi connectivity index (χ4n) is 4.91. The van der Waals surface area contributed by atoms with Gasteiger partial charge in [0.05, 0.1) is 18.1 Å². The first-order chi connectivity index (χ1) is 20.1. The second-order valence-corrected chi connectivity index (χ2v) is 13.3. The van der Waals surface area contributed by atoms with E-state index in [1.807, 2.05) is 30.3 Å². The van der Waals surface area contributed by atoms with Crippen molar-refractivity contribution in [2.24, 2.45) is 5.73 Å². The van der Waals surface area contributed by atoms with Crippen LogP contribution in [0, 0.1) is 6.92 Å². The number of amides is 2. The first kappa shape index (κ1) is 34.3. The van der Waals surface area contributed by atoms with E-state index < -0.39 is 22.5 Å². The van der Waals surface area contributed by atoms with E-state index in [0.29, 0.717) is 36.6 Å². The van der Waals surface area contributed by atoms with Gasteiger partial charge in [0.2, 0.25) is 21.8 Å². The monoisotopic (exact) mass is 639 g/mol. The Morgan fingerprint density at radius 1 is 0.976 bits per heavy atom. The minimum Gasteiger partial charge on any atom is -0.346 e. The molecule has 2 amide bonds. The van der Waals surface area contributed by atoms with E-state index in [-0.39, 0.29) is 28.9 Å². The summed E-state index contributed by atoms with van der Waals surface area (Å²) in [7, 11) is -4.16. The van der Waals surface area contributed by atoms with E-state index in [4.69, 9.17) is 28.9 Å². The highest BCUT2D eigenvalue weighted by atomic mass is 35.5. The SMILES string of the molecule is Cc1c(Cl)ccc(S(=O)(=O)N(CCc2ccccc2)CC(=O)NCC(=O)N(CCCCN)CCN2CCCCC2)c1Cl. The Balaban J connectivity index is 1.68. The zero-order valence-electron chi connectivity index (χ0n) is 24.4. The van der Waals surface area contributed by atoms with E-state index in [2.05, 4.69) is 10.2 Å². The number of nitrogens with zero attached hydrogens (tertiary/aromatic N) is 3. The van der Waals surface area contributed by atoms with Gasteiger partial charge >= 0.3 is 0 Å². The van der Waals surface area contributed by atoms with Gasteiger partial charge in [0.25, 0.3) is 0 Å². The molecule has 42 heavy (non-hydrogen) atoms. The summed E-state index contributed by atoms with van der Waals surface area (Å²) in [5.74, 6) is -0.771. The first-order valence-corrected chi connectivity index (χ1v) is 16.8. The highest BCUT2D eigenvalue weighted by Gasteiger charge is 2.30. The van der Waals surface area contributed by atoms with Crippen LogP contribution in [0.2, 0.25) is 10.0 Å². The summed E-state index contributed by atoms with van der Waals surface area (Å²) in [5, 5.41) is 3.02. The van der Waals surface area contributed by atoms with Crippen molar-refractivity contribution < 1.29 is 18.0 Å². The average Bonchev–Trinajstić information content (AvgIpc) is 2.99. The molecule has 232 valence electrons. The van der Waals surface area contributed by atoms with Crippen LogP contribution < -0.4 is 11.1 Å². The van der Waals surface area contributed by atoms with Gasteiger partial charge in [-0.25, -0.2) is 8.42 Å². The number of likely N-dealkylation sites (tertiary alicyclic amines) is 1. The van der Waals surface area contributed by atoms with Crippen LogP contribution in [0.3, 0.4) is 0 Å². The van der Waals surface area contributed by atoms with Gasteiger partial charge in [-0.05, 0) is 81.9 Å². The van der Waals surface area contributed by atoms with Crippen LogP contribution in [0.25, 0.3) is 0 Å². The van der Waals surface area contributed by atoms with Crippen molar-refractivity contribution in [1.29, 1.82) is 0 Å². The van der Waals surface area contributed by atoms with Crippen LogP contribution in [0.1, 0.15) is 43.2 Å². The molecule has 0 spiro atoms. The van der Waals surface area contributed by atoms with Gasteiger partial charge in [0, 0.05) is 31.2 Å². The number of benzene rings is 2. The molecule has 2 aromatic carbocycles. The summed E-state index contributed by atoms with van der Waals surface area (Å²) in [5.41, 5.74) is 7.02. The zero-order valence-corrected chi connectivity index (χ0v) is 26.7. The van der Waals surface area contributed by atoms with Crippen LogP contribution in [0.5, 0.6) is 0 Å². The molecule has 0 saturated carbocycles. The molecule has 0 radical (unpaired) electrons. The first-order valence-electron chi connectivity index (χ1n) is 14.6. The highest BCUT2D eigenvalue weighted by Crippen LogP contribution is 2.32. The molecule has 3 N–H and O–H groups in total. The van der Waals surface area contributed by atoms with Crippen LogP contribution in [0.15, 0.2) is 47.4 Å². The number of halogens is 2. The normalized spacial score (nSPS) is 14.2. The van der Waals surface area contributed by atoms with Crippen molar-refractivity contribution >= 4 is 45.0 Å². The summed E-state index contributed by atoms with van der Waals surface area (Å²) < 4.78 is 28.6. The third kappa shape index (κ3) is 10.2. The third-order valence-electron chi connectivity index (χ3n) is 7.52. The second-order valence-electron chi connectivity index (χ2n) is 10.6. The molecule has 1 aliphatic heterocycles. The van der Waals surface area contributed by atoms with Crippen molar-refractivity contribution in [3.05, 3.63) is 63.6 Å². The van der Waals surface area contributed by atoms with Gasteiger partial charge in [-0.2, -0.15) is 4.31 Å². The highest BCUT2D eigenvalue weighted by molar-refractivity contribution is 7.89. The lowest BCUT2D eigenvalue weighted by molar-refractivity contribution is -0.133. The smallest absolute Gasteiger partial charge is 0.245 e. The molecule has 12 heteroatoms. The average molecular weight is 641 g/mol. The van der Waals surface area contributed by atoms with Gasteiger partial charge in [0.15, 0.2) is 0 Å². The predicted molar refractivity (Wildman–Crippen MR) is 168 cm³/mol. The number of sulfonamides is 1. The fourth-order valence-corrected chi connectivity index (χ4v) is 7.09. The maximum atomic E-state index is 13.7. The summed E-state index contributed by atoms with van der Waals surface area (Å²) in [4.78, 5) is 30.2. The molecule has 1 aliphatic rings. The van der Waals surface area contributed by atoms with E-state index in [0.717, 1.165) is 42.3 Å². The summed E-state index contributed by atoms with van der Waals surface area (Å²) in [6.45, 7) is 5.56. The molecule has 0 aromatic heterocycles. The molecular formula is C30H43Cl2N5O4S. The maximum absolute atomic E-state index is 13.7. The molecule has 1 saturated heterocycles. The summed E-state index contributed by atoms with van der Waals surface area (Å²) in [6, 6.07) is 12.2. The minimum atomic E-state index is -4.16. The van der Waals surface area contributed by atoms with Crippen LogP contribution in [0.4, 0.5) is 0 Å². The Labute approximate surface area is 260 Å². The van der Waals surface area contributed by atoms with Crippen molar-refractivity contribution in [3.63, 3.8) is 0 Å². The quantitative estimate of drug-likeness (QED) is 0.271. The van der Waals surface area contributed by atoms with Gasteiger partial charge < -0.3 is 20.9 Å². The summed E-state index contributed by atoms with van der Waals surface area (Å²) >= 11 is 12.5. The van der Waals surface area contributed by atoms with Gasteiger partial charge in [-0.3, -0.25) is 9.59 Å². The zero-order chi connectivity index (χ0) is 30.5. The Morgan fingerprint density at radius 2 is 1.69 bits per heavy atom. The van der Waals surface area contributed by atoms with Gasteiger partial charge in [0.1, 0.15) is 4.90 Å². The standard InChI is InChI=1S/C30H43Cl2N5O4S/c1-24-26(31)12-13-27(30(24)32)42(40,41)37(19-14-25-10-4-2-5-11-25)23-28(38)34-22-29(39)36(18-9-6-15-33)21-20-35-16-7-3-8-17-35/h2,4-5,10-13H,3,6-9,14-23,33H2,1H3,(H,34,38). The molecule has 0 bridgehead atoms. The Bertz CT molecular complexity index is 1270. The molecule has 0 unspecified atom stereocenters. The number of carbonyl (C=O) groups is 2. The molecule has 3 rings (SSSR count). The lowest BCUT2D eigenvalue weighted by Gasteiger charge is -2.30. The Morgan fingerprint density at radius 3 is 2.38 bits per heavy atom. The molecule has 2 aromatic rings. The van der Waals surface area contributed by atoms with Crippen LogP contribution in [-0.2, 0) is 26.0 Å². The van der Waals surface area contributed by atoms with E-state index in [1.54, 1.807) is 11.8 Å². The molecule has 9 nitrogen and oxygen atoms in total. The van der Waals surface area contributed by atoms with E-state index in [9.17, 15) is 18.0 Å². The van der Waals surface area contributed by atoms with Crippen molar-refractivity contribution in [3.8, 4) is 0 Å². The maximum Gasteiger partial charge on any atom is 0.245 e. The lowest BCUT2D eigenvalue weighted by atomic mass is 10.1. The number of nitrogens with one attached hydrogen (secondary N) is 1. The predicted octanol–water partition coefficient (Wildman–Crippen LogP) is 3.70. The second kappa shape index (κ2) is 17.2. The Kier molecular flexibility index (Phi) is 14.0. The van der Waals surface area contributed by atoms with Crippen LogP contribution >= 0.6 is 23.2 Å². The van der Waals surface area contributed by atoms with Gasteiger partial charge in [-0.15, -0.1) is 0 Å². The van der Waals surface area contributed by atoms with Crippen LogP contribution in [-0.4, -0.2) is 93.2 Å². The Hall–Kier alpha value is -2.21. The number of nitrogens with two attached hydrogens (primary N) is 1. The van der Waals surface area contributed by atoms with Crippen molar-refractivity contribution in [2.45, 2.75) is 50.3 Å². The molecular weight excluding hydrogens is 597 g/mol. The molecule has 1 heterocycles. The topological polar surface area (TPSA) is 116 Å². The number of unbranched alkanes of at least 4 members (excludes halogenated alkanes) is 1. The van der Waals surface area contributed by atoms with Crippen molar-refractivity contribution in [1.82, 2.24) is 19.4 Å². The largest absolute Gasteiger partial charge is 0.346 e. The lowest BCUT2D eigenvalue weighted by Crippen LogP contribution is -2.47. The van der Waals surface area contributed by atoms with E-state index >= 15 is 0 Å². The van der Waals surface area contributed by atoms with E-state index in [1.165, 1.54) is 31.4 Å². The fraction of sp³-hybridized carbons (Fsp3) is 0.533. The third-order valence-corrected chi connectivity index (χ3v) is 10.4. The van der Waals surface area contributed by atoms with Crippen molar-refractivity contribution in [2.75, 3.05) is 58.9 Å². The molecule has 0 atom stereocenters. The number of hydrogen-bond donors (Lipinski definition) is 2. The molecule has 1 fully saturated rings. The number of carbonyl (C=O) groups excluding carboxylic acids is 2. The number of rotatable bonds is 16. The number of piperidine rings is 1. The number of hydrogen-bond acceptors (Lipinski definition) is 6. The van der Waals surface area contributed by atoms with Gasteiger partial charge in [-0.1, -0.05) is 60.0 Å². The minimum absolute atomic E-state index is 0.0182. The molecule has 0 aliphatic carbocycles. The summed E-state index contributed by atoms with van der Waals surface area (Å²) in [6.07, 6.45) is 5.55.